The molecule has 0 radical (unpaired) electrons. The van der Waals surface area contributed by atoms with Crippen LogP contribution in [0.15, 0.2) is 4.79 Å². The lowest BCUT2D eigenvalue weighted by Crippen LogP contribution is -2.43. The van der Waals surface area contributed by atoms with Gasteiger partial charge in [0.25, 0.3) is 5.56 Å². The summed E-state index contributed by atoms with van der Waals surface area (Å²) in [4.78, 5) is 25.2. The quantitative estimate of drug-likeness (QED) is 0.695. The van der Waals surface area contributed by atoms with Gasteiger partial charge in [0.2, 0.25) is 0 Å². The zero-order valence-corrected chi connectivity index (χ0v) is 19.3. The summed E-state index contributed by atoms with van der Waals surface area (Å²) in [5.41, 5.74) is 0.942. The van der Waals surface area contributed by atoms with Gasteiger partial charge in [-0.05, 0) is 58.4 Å². The largest absolute Gasteiger partial charge is 0.389 e. The Morgan fingerprint density at radius 1 is 1.23 bits per heavy atom. The molecule has 30 heavy (non-hydrogen) atoms. The van der Waals surface area contributed by atoms with Crippen LogP contribution in [-0.2, 0) is 24.1 Å². The minimum atomic E-state index is -0.563. The van der Waals surface area contributed by atoms with Crippen molar-refractivity contribution in [1.29, 1.82) is 0 Å². The van der Waals surface area contributed by atoms with Gasteiger partial charge >= 0.3 is 0 Å². The molecule has 6 nitrogen and oxygen atoms in total. The van der Waals surface area contributed by atoms with E-state index in [2.05, 4.69) is 9.88 Å². The summed E-state index contributed by atoms with van der Waals surface area (Å²) in [5.74, 6) is 0.710. The van der Waals surface area contributed by atoms with Crippen molar-refractivity contribution >= 4 is 21.6 Å². The molecule has 0 spiro atoms. The molecule has 4 rings (SSSR count). The number of hydrogen-bond donors (Lipinski definition) is 2. The van der Waals surface area contributed by atoms with Crippen molar-refractivity contribution in [2.24, 2.45) is 0 Å². The topological polar surface area (TPSA) is 78.5 Å². The van der Waals surface area contributed by atoms with Crippen LogP contribution in [0.5, 0.6) is 0 Å². The summed E-state index contributed by atoms with van der Waals surface area (Å²) in [6.07, 6.45) is 8.62. The van der Waals surface area contributed by atoms with Gasteiger partial charge in [-0.3, -0.25) is 9.69 Å². The van der Waals surface area contributed by atoms with Gasteiger partial charge in [0.1, 0.15) is 10.7 Å². The molecule has 2 N–H and O–H groups in total. The first kappa shape index (κ1) is 21.9. The van der Waals surface area contributed by atoms with Crippen molar-refractivity contribution in [3.05, 3.63) is 26.6 Å². The summed E-state index contributed by atoms with van der Waals surface area (Å²) >= 11 is 1.68. The molecule has 2 aliphatic carbocycles. The smallest absolute Gasteiger partial charge is 0.259 e. The summed E-state index contributed by atoms with van der Waals surface area (Å²) in [5, 5.41) is 11.4. The Hall–Kier alpha value is -1.28. The van der Waals surface area contributed by atoms with Crippen molar-refractivity contribution in [3.8, 4) is 0 Å². The van der Waals surface area contributed by atoms with Crippen LogP contribution in [0.2, 0.25) is 0 Å². The highest BCUT2D eigenvalue weighted by molar-refractivity contribution is 7.18. The van der Waals surface area contributed by atoms with Gasteiger partial charge in [-0.25, -0.2) is 4.98 Å². The van der Waals surface area contributed by atoms with E-state index >= 15 is 0 Å². The van der Waals surface area contributed by atoms with E-state index in [1.165, 1.54) is 29.7 Å². The maximum Gasteiger partial charge on any atom is 0.259 e. The summed E-state index contributed by atoms with van der Waals surface area (Å²) in [6.45, 7) is 7.41. The Labute approximate surface area is 182 Å². The number of aryl methyl sites for hydroxylation is 2. The fraction of sp³-hybridized carbons (Fsp3) is 0.739. The molecule has 0 aliphatic heterocycles. The lowest BCUT2D eigenvalue weighted by atomic mass is 9.94. The zero-order valence-electron chi connectivity index (χ0n) is 18.5. The Balaban J connectivity index is 1.53. The summed E-state index contributed by atoms with van der Waals surface area (Å²) in [7, 11) is 0. The van der Waals surface area contributed by atoms with E-state index in [9.17, 15) is 9.90 Å². The Bertz CT molecular complexity index is 924. The number of hydrogen-bond acceptors (Lipinski definition) is 6. The van der Waals surface area contributed by atoms with Gasteiger partial charge in [-0.2, -0.15) is 0 Å². The lowest BCUT2D eigenvalue weighted by molar-refractivity contribution is -0.0610. The minimum Gasteiger partial charge on any atom is -0.389 e. The number of aromatic amines is 1. The second-order valence-corrected chi connectivity index (χ2v) is 10.9. The van der Waals surface area contributed by atoms with E-state index in [1.807, 2.05) is 20.8 Å². The molecule has 1 atom stereocenters. The number of aromatic nitrogens is 2. The number of H-pyrrole nitrogens is 1. The number of rotatable bonds is 7. The van der Waals surface area contributed by atoms with Crippen LogP contribution in [0.1, 0.15) is 75.6 Å². The second-order valence-electron chi connectivity index (χ2n) is 9.85. The van der Waals surface area contributed by atoms with Crippen LogP contribution in [0.4, 0.5) is 0 Å². The third kappa shape index (κ3) is 5.13. The van der Waals surface area contributed by atoms with Gasteiger partial charge in [-0.1, -0.05) is 19.3 Å². The van der Waals surface area contributed by atoms with Crippen molar-refractivity contribution < 1.29 is 9.84 Å². The van der Waals surface area contributed by atoms with Crippen LogP contribution in [-0.4, -0.2) is 50.9 Å². The van der Waals surface area contributed by atoms with E-state index in [0.717, 1.165) is 42.3 Å². The first-order chi connectivity index (χ1) is 14.3. The zero-order chi connectivity index (χ0) is 21.3. The molecular weight excluding hydrogens is 398 g/mol. The molecule has 1 fully saturated rings. The van der Waals surface area contributed by atoms with E-state index < -0.39 is 6.10 Å². The molecule has 2 aromatic rings. The highest BCUT2D eigenvalue weighted by atomic mass is 32.1. The van der Waals surface area contributed by atoms with E-state index in [0.29, 0.717) is 31.6 Å². The van der Waals surface area contributed by atoms with Crippen molar-refractivity contribution in [3.63, 3.8) is 0 Å². The van der Waals surface area contributed by atoms with Crippen LogP contribution in [0.3, 0.4) is 0 Å². The van der Waals surface area contributed by atoms with Crippen LogP contribution in [0.25, 0.3) is 10.2 Å². The molecular formula is C23H35N3O3S. The minimum absolute atomic E-state index is 0.00499. The van der Waals surface area contributed by atoms with Crippen LogP contribution >= 0.6 is 11.3 Å². The molecule has 0 unspecified atom stereocenters. The number of aliphatic hydroxyl groups is 1. The predicted octanol–water partition coefficient (Wildman–Crippen LogP) is 3.78. The van der Waals surface area contributed by atoms with E-state index in [1.54, 1.807) is 11.3 Å². The number of fused-ring (bicyclic) bond motifs is 3. The number of aliphatic hydroxyl groups excluding tert-OH is 1. The maximum absolute atomic E-state index is 12.8. The fourth-order valence-corrected chi connectivity index (χ4v) is 6.05. The number of thiophene rings is 1. The SMILES string of the molecule is CC(C)(C)OC[C@H](O)CN(Cc1nc2sc3c(c2c(=O)[nH]1)CCC3)C1CCCCC1. The molecule has 1 saturated carbocycles. The molecule has 0 aromatic carbocycles. The number of nitrogens with zero attached hydrogens (tertiary/aromatic N) is 2. The normalized spacial score (nSPS) is 19.0. The Kier molecular flexibility index (Phi) is 6.63. The number of ether oxygens (including phenoxy) is 1. The Morgan fingerprint density at radius 3 is 2.73 bits per heavy atom. The molecule has 2 aromatic heterocycles. The molecule has 0 bridgehead atoms. The monoisotopic (exact) mass is 433 g/mol. The molecule has 7 heteroatoms. The van der Waals surface area contributed by atoms with Gasteiger partial charge in [-0.15, -0.1) is 11.3 Å². The third-order valence-corrected chi connectivity index (χ3v) is 7.41. The second kappa shape index (κ2) is 9.07. The molecule has 0 amide bonds. The summed E-state index contributed by atoms with van der Waals surface area (Å²) < 4.78 is 5.79. The lowest BCUT2D eigenvalue weighted by Gasteiger charge is -2.35. The highest BCUT2D eigenvalue weighted by Crippen LogP contribution is 2.34. The molecule has 166 valence electrons. The van der Waals surface area contributed by atoms with E-state index in [-0.39, 0.29) is 11.2 Å². The van der Waals surface area contributed by atoms with Gasteiger partial charge in [0, 0.05) is 17.5 Å². The van der Waals surface area contributed by atoms with Crippen LogP contribution in [0, 0.1) is 0 Å². The fourth-order valence-electron chi connectivity index (χ4n) is 4.77. The van der Waals surface area contributed by atoms with Crippen molar-refractivity contribution in [2.45, 2.75) is 96.4 Å². The average Bonchev–Trinajstić information content (AvgIpc) is 3.27. The van der Waals surface area contributed by atoms with Crippen LogP contribution < -0.4 is 5.56 Å². The molecule has 2 aliphatic rings. The van der Waals surface area contributed by atoms with Crippen molar-refractivity contribution in [1.82, 2.24) is 14.9 Å². The first-order valence-electron chi connectivity index (χ1n) is 11.4. The maximum atomic E-state index is 12.8. The predicted molar refractivity (Wildman–Crippen MR) is 121 cm³/mol. The average molecular weight is 434 g/mol. The Morgan fingerprint density at radius 2 is 2.00 bits per heavy atom. The van der Waals surface area contributed by atoms with Crippen molar-refractivity contribution in [2.75, 3.05) is 13.2 Å². The standard InChI is InChI=1S/C23H35N3O3S/c1-23(2,3)29-14-16(27)12-26(15-8-5-4-6-9-15)13-19-24-21(28)20-17-10-7-11-18(17)30-22(20)25-19/h15-16,27H,4-14H2,1-3H3,(H,24,25,28)/t16-/m1/s1. The third-order valence-electron chi connectivity index (χ3n) is 6.22. The number of nitrogens with one attached hydrogen (secondary N) is 1. The summed E-state index contributed by atoms with van der Waals surface area (Å²) in [6, 6.07) is 0.414. The first-order valence-corrected chi connectivity index (χ1v) is 12.2. The van der Waals surface area contributed by atoms with Gasteiger partial charge < -0.3 is 14.8 Å². The molecule has 2 heterocycles. The highest BCUT2D eigenvalue weighted by Gasteiger charge is 2.26. The van der Waals surface area contributed by atoms with E-state index in [4.69, 9.17) is 9.72 Å². The van der Waals surface area contributed by atoms with Gasteiger partial charge in [0.15, 0.2) is 0 Å². The molecule has 0 saturated heterocycles. The van der Waals surface area contributed by atoms with Gasteiger partial charge in [0.05, 0.1) is 30.2 Å².